The lowest BCUT2D eigenvalue weighted by molar-refractivity contribution is -0.115. The first-order valence-electron chi connectivity index (χ1n) is 7.11. The van der Waals surface area contributed by atoms with E-state index in [0.29, 0.717) is 5.69 Å². The quantitative estimate of drug-likeness (QED) is 0.744. The third-order valence-corrected chi connectivity index (χ3v) is 3.69. The third-order valence-electron chi connectivity index (χ3n) is 3.03. The van der Waals surface area contributed by atoms with Crippen molar-refractivity contribution in [3.05, 3.63) is 52.5 Å². The van der Waals surface area contributed by atoms with Gasteiger partial charge in [0.2, 0.25) is 11.8 Å². The van der Waals surface area contributed by atoms with Crippen LogP contribution in [0, 0.1) is 6.92 Å². The molecule has 0 spiro atoms. The number of hydrogen-bond donors (Lipinski definition) is 3. The second kappa shape index (κ2) is 7.78. The van der Waals surface area contributed by atoms with E-state index in [1.54, 1.807) is 12.1 Å². The highest BCUT2D eigenvalue weighted by molar-refractivity contribution is 9.10. The molecule has 6 heteroatoms. The predicted octanol–water partition coefficient (Wildman–Crippen LogP) is 3.77. The van der Waals surface area contributed by atoms with Gasteiger partial charge in [-0.2, -0.15) is 0 Å². The van der Waals surface area contributed by atoms with Crippen LogP contribution in [0.15, 0.2) is 46.9 Å². The Morgan fingerprint density at radius 2 is 1.78 bits per heavy atom. The van der Waals surface area contributed by atoms with Gasteiger partial charge in [0.1, 0.15) is 0 Å². The lowest BCUT2D eigenvalue weighted by Gasteiger charge is -2.11. The molecule has 23 heavy (non-hydrogen) atoms. The van der Waals surface area contributed by atoms with Crippen molar-refractivity contribution in [3.63, 3.8) is 0 Å². The van der Waals surface area contributed by atoms with Crippen LogP contribution in [0.5, 0.6) is 0 Å². The van der Waals surface area contributed by atoms with Crippen molar-refractivity contribution in [1.29, 1.82) is 0 Å². The molecule has 2 aromatic carbocycles. The summed E-state index contributed by atoms with van der Waals surface area (Å²) in [6.45, 7) is 3.57. The molecule has 0 aromatic heterocycles. The van der Waals surface area contributed by atoms with Crippen LogP contribution in [0.3, 0.4) is 0 Å². The van der Waals surface area contributed by atoms with E-state index >= 15 is 0 Å². The van der Waals surface area contributed by atoms with E-state index in [9.17, 15) is 9.59 Å². The molecular weight excluding hydrogens is 358 g/mol. The number of carbonyl (C=O) groups excluding carboxylic acids is 2. The van der Waals surface area contributed by atoms with Gasteiger partial charge in [0.15, 0.2) is 0 Å². The van der Waals surface area contributed by atoms with Gasteiger partial charge in [0.25, 0.3) is 0 Å². The van der Waals surface area contributed by atoms with Gasteiger partial charge in [-0.05, 0) is 58.7 Å². The molecule has 0 unspecified atom stereocenters. The average Bonchev–Trinajstić information content (AvgIpc) is 2.48. The van der Waals surface area contributed by atoms with Crippen LogP contribution in [-0.2, 0) is 9.59 Å². The summed E-state index contributed by atoms with van der Waals surface area (Å²) < 4.78 is 0.846. The lowest BCUT2D eigenvalue weighted by atomic mass is 10.2. The number of aryl methyl sites for hydroxylation is 1. The van der Waals surface area contributed by atoms with Gasteiger partial charge >= 0.3 is 0 Å². The first kappa shape index (κ1) is 17.0. The standard InChI is InChI=1S/C17H18BrN3O2/c1-11-6-7-16(15(18)8-11)21-17(23)10-19-13-4-3-5-14(9-13)20-12(2)22/h3-9,19H,10H2,1-2H3,(H,20,22)(H,21,23). The molecule has 3 N–H and O–H groups in total. The first-order chi connectivity index (χ1) is 10.9. The minimum Gasteiger partial charge on any atom is -0.376 e. The van der Waals surface area contributed by atoms with Crippen molar-refractivity contribution in [2.24, 2.45) is 0 Å². The van der Waals surface area contributed by atoms with Crippen molar-refractivity contribution in [2.75, 3.05) is 22.5 Å². The van der Waals surface area contributed by atoms with Gasteiger partial charge in [0, 0.05) is 22.8 Å². The summed E-state index contributed by atoms with van der Waals surface area (Å²) >= 11 is 3.43. The minimum absolute atomic E-state index is 0.129. The van der Waals surface area contributed by atoms with Gasteiger partial charge in [-0.25, -0.2) is 0 Å². The Morgan fingerprint density at radius 1 is 1.04 bits per heavy atom. The molecular formula is C17H18BrN3O2. The maximum Gasteiger partial charge on any atom is 0.243 e. The van der Waals surface area contributed by atoms with Gasteiger partial charge in [-0.15, -0.1) is 0 Å². The number of nitrogens with one attached hydrogen (secondary N) is 3. The zero-order valence-corrected chi connectivity index (χ0v) is 14.5. The van der Waals surface area contributed by atoms with Crippen LogP contribution < -0.4 is 16.0 Å². The summed E-state index contributed by atoms with van der Waals surface area (Å²) in [5.41, 5.74) is 3.29. The molecule has 0 aliphatic heterocycles. The van der Waals surface area contributed by atoms with Crippen LogP contribution in [-0.4, -0.2) is 18.4 Å². The fourth-order valence-electron chi connectivity index (χ4n) is 2.01. The van der Waals surface area contributed by atoms with E-state index in [0.717, 1.165) is 21.4 Å². The number of anilines is 3. The molecule has 0 saturated heterocycles. The van der Waals surface area contributed by atoms with Gasteiger partial charge in [-0.3, -0.25) is 9.59 Å². The van der Waals surface area contributed by atoms with E-state index in [2.05, 4.69) is 31.9 Å². The number of halogens is 1. The summed E-state index contributed by atoms with van der Waals surface area (Å²) in [4.78, 5) is 23.1. The maximum atomic E-state index is 12.0. The van der Waals surface area contributed by atoms with E-state index in [1.807, 2.05) is 37.3 Å². The Labute approximate surface area is 143 Å². The number of carbonyl (C=O) groups is 2. The average molecular weight is 376 g/mol. The number of amides is 2. The SMILES string of the molecule is CC(=O)Nc1cccc(NCC(=O)Nc2ccc(C)cc2Br)c1. The van der Waals surface area contributed by atoms with Crippen LogP contribution >= 0.6 is 15.9 Å². The molecule has 2 amide bonds. The fourth-order valence-corrected chi connectivity index (χ4v) is 2.60. The highest BCUT2D eigenvalue weighted by Gasteiger charge is 2.06. The van der Waals surface area contributed by atoms with E-state index in [4.69, 9.17) is 0 Å². The smallest absolute Gasteiger partial charge is 0.243 e. The Morgan fingerprint density at radius 3 is 2.48 bits per heavy atom. The summed E-state index contributed by atoms with van der Waals surface area (Å²) in [7, 11) is 0. The molecule has 0 radical (unpaired) electrons. The Kier molecular flexibility index (Phi) is 5.76. The van der Waals surface area contributed by atoms with Crippen molar-refractivity contribution in [2.45, 2.75) is 13.8 Å². The zero-order valence-electron chi connectivity index (χ0n) is 12.9. The largest absolute Gasteiger partial charge is 0.376 e. The molecule has 0 atom stereocenters. The van der Waals surface area contributed by atoms with Crippen LogP contribution in [0.25, 0.3) is 0 Å². The highest BCUT2D eigenvalue weighted by atomic mass is 79.9. The zero-order chi connectivity index (χ0) is 16.8. The molecule has 0 bridgehead atoms. The fraction of sp³-hybridized carbons (Fsp3) is 0.176. The monoisotopic (exact) mass is 375 g/mol. The van der Waals surface area contributed by atoms with Crippen LogP contribution in [0.4, 0.5) is 17.1 Å². The second-order valence-corrected chi connectivity index (χ2v) is 6.00. The van der Waals surface area contributed by atoms with Crippen LogP contribution in [0.1, 0.15) is 12.5 Å². The highest BCUT2D eigenvalue weighted by Crippen LogP contribution is 2.23. The number of hydrogen-bond acceptors (Lipinski definition) is 3. The summed E-state index contributed by atoms with van der Waals surface area (Å²) in [6.07, 6.45) is 0. The Hall–Kier alpha value is -2.34. The summed E-state index contributed by atoms with van der Waals surface area (Å²) in [5.74, 6) is -0.288. The number of benzene rings is 2. The summed E-state index contributed by atoms with van der Waals surface area (Å²) in [6, 6.07) is 12.9. The van der Waals surface area contributed by atoms with Crippen molar-refractivity contribution in [1.82, 2.24) is 0 Å². The maximum absolute atomic E-state index is 12.0. The molecule has 5 nitrogen and oxygen atoms in total. The van der Waals surface area contributed by atoms with E-state index < -0.39 is 0 Å². The normalized spacial score (nSPS) is 10.0. The van der Waals surface area contributed by atoms with E-state index in [1.165, 1.54) is 6.92 Å². The molecule has 0 aliphatic carbocycles. The van der Waals surface area contributed by atoms with Crippen molar-refractivity contribution in [3.8, 4) is 0 Å². The van der Waals surface area contributed by atoms with E-state index in [-0.39, 0.29) is 18.4 Å². The Bertz CT molecular complexity index is 732. The minimum atomic E-state index is -0.153. The molecule has 0 heterocycles. The molecule has 0 fully saturated rings. The molecule has 2 rings (SSSR count). The van der Waals surface area contributed by atoms with Crippen molar-refractivity contribution >= 4 is 44.8 Å². The molecule has 0 saturated carbocycles. The summed E-state index contributed by atoms with van der Waals surface area (Å²) in [5, 5.41) is 8.57. The third kappa shape index (κ3) is 5.41. The topological polar surface area (TPSA) is 70.2 Å². The number of rotatable bonds is 5. The molecule has 120 valence electrons. The predicted molar refractivity (Wildman–Crippen MR) is 96.7 cm³/mol. The van der Waals surface area contributed by atoms with Crippen molar-refractivity contribution < 1.29 is 9.59 Å². The van der Waals surface area contributed by atoms with Crippen LogP contribution in [0.2, 0.25) is 0 Å². The molecule has 0 aliphatic rings. The van der Waals surface area contributed by atoms with Gasteiger partial charge in [-0.1, -0.05) is 12.1 Å². The second-order valence-electron chi connectivity index (χ2n) is 5.15. The Balaban J connectivity index is 1.92. The molecule has 2 aromatic rings. The van der Waals surface area contributed by atoms with Gasteiger partial charge in [0.05, 0.1) is 12.2 Å². The first-order valence-corrected chi connectivity index (χ1v) is 7.91. The van der Waals surface area contributed by atoms with Gasteiger partial charge < -0.3 is 16.0 Å². The lowest BCUT2D eigenvalue weighted by Crippen LogP contribution is -2.22.